The van der Waals surface area contributed by atoms with E-state index in [1.165, 1.54) is 6.20 Å². The van der Waals surface area contributed by atoms with Crippen molar-refractivity contribution in [3.63, 3.8) is 0 Å². The van der Waals surface area contributed by atoms with Gasteiger partial charge in [0, 0.05) is 30.0 Å². The highest BCUT2D eigenvalue weighted by Gasteiger charge is 2.22. The van der Waals surface area contributed by atoms with Crippen molar-refractivity contribution in [1.82, 2.24) is 4.98 Å². The number of aryl methyl sites for hydroxylation is 1. The maximum atomic E-state index is 10.9. The van der Waals surface area contributed by atoms with E-state index in [-0.39, 0.29) is 17.9 Å². The van der Waals surface area contributed by atoms with Gasteiger partial charge in [0.15, 0.2) is 0 Å². The van der Waals surface area contributed by atoms with Gasteiger partial charge in [-0.3, -0.25) is 10.1 Å². The number of nitrogens with zero attached hydrogens (tertiary/aromatic N) is 3. The molecule has 132 valence electrons. The molecule has 2 atom stereocenters. The van der Waals surface area contributed by atoms with Crippen LogP contribution in [0.3, 0.4) is 0 Å². The van der Waals surface area contributed by atoms with Gasteiger partial charge in [-0.1, -0.05) is 0 Å². The Bertz CT molecular complexity index is 753. The van der Waals surface area contributed by atoms with Crippen LogP contribution in [0.5, 0.6) is 0 Å². The Labute approximate surface area is 146 Å². The van der Waals surface area contributed by atoms with Crippen molar-refractivity contribution in [3.05, 3.63) is 52.2 Å². The van der Waals surface area contributed by atoms with Gasteiger partial charge in [0.2, 0.25) is 0 Å². The lowest BCUT2D eigenvalue weighted by Gasteiger charge is -2.36. The van der Waals surface area contributed by atoms with Gasteiger partial charge in [-0.25, -0.2) is 4.98 Å². The predicted octanol–water partition coefficient (Wildman–Crippen LogP) is 3.66. The van der Waals surface area contributed by atoms with Crippen LogP contribution in [0.1, 0.15) is 19.4 Å². The van der Waals surface area contributed by atoms with Crippen LogP contribution in [0.25, 0.3) is 0 Å². The summed E-state index contributed by atoms with van der Waals surface area (Å²) in [5.41, 5.74) is 2.64. The molecule has 7 heteroatoms. The molecule has 1 aliphatic rings. The van der Waals surface area contributed by atoms with E-state index < -0.39 is 4.92 Å². The topological polar surface area (TPSA) is 80.5 Å². The van der Waals surface area contributed by atoms with E-state index in [9.17, 15) is 10.1 Å². The highest BCUT2D eigenvalue weighted by Crippen LogP contribution is 2.25. The molecular weight excluding hydrogens is 320 g/mol. The summed E-state index contributed by atoms with van der Waals surface area (Å²) in [6, 6.07) is 9.77. The number of hydrogen-bond donors (Lipinski definition) is 1. The third-order valence-corrected chi connectivity index (χ3v) is 4.20. The van der Waals surface area contributed by atoms with Crippen LogP contribution in [0.15, 0.2) is 36.5 Å². The SMILES string of the molecule is Cc1cc(Nc2ccc(N3CC(C)OC(C)C3)cc2)ncc1[N+](=O)[O-]. The number of rotatable bonds is 4. The fourth-order valence-corrected chi connectivity index (χ4v) is 3.10. The Morgan fingerprint density at radius 2 is 1.88 bits per heavy atom. The van der Waals surface area contributed by atoms with E-state index >= 15 is 0 Å². The zero-order chi connectivity index (χ0) is 18.0. The zero-order valence-corrected chi connectivity index (χ0v) is 14.6. The van der Waals surface area contributed by atoms with Crippen LogP contribution in [0.4, 0.5) is 22.9 Å². The van der Waals surface area contributed by atoms with Crippen molar-refractivity contribution < 1.29 is 9.66 Å². The number of anilines is 3. The van der Waals surface area contributed by atoms with Crippen LogP contribution in [0, 0.1) is 17.0 Å². The summed E-state index contributed by atoms with van der Waals surface area (Å²) < 4.78 is 5.77. The standard InChI is InChI=1S/C18H22N4O3/c1-12-8-18(19-9-17(12)22(23)24)20-15-4-6-16(7-5-15)21-10-13(2)25-14(3)11-21/h4-9,13-14H,10-11H2,1-3H3,(H,19,20). The molecule has 0 bridgehead atoms. The molecular formula is C18H22N4O3. The molecule has 1 fully saturated rings. The van der Waals surface area contributed by atoms with Gasteiger partial charge < -0.3 is 15.0 Å². The summed E-state index contributed by atoms with van der Waals surface area (Å²) in [6.45, 7) is 7.62. The third-order valence-electron chi connectivity index (χ3n) is 4.20. The van der Waals surface area contributed by atoms with Gasteiger partial charge in [0.25, 0.3) is 5.69 Å². The monoisotopic (exact) mass is 342 g/mol. The predicted molar refractivity (Wildman–Crippen MR) is 97.6 cm³/mol. The molecule has 1 aromatic heterocycles. The average molecular weight is 342 g/mol. The minimum atomic E-state index is -0.425. The van der Waals surface area contributed by atoms with Crippen molar-refractivity contribution >= 4 is 22.9 Å². The first-order valence-electron chi connectivity index (χ1n) is 8.31. The van der Waals surface area contributed by atoms with Gasteiger partial charge in [-0.15, -0.1) is 0 Å². The maximum Gasteiger partial charge on any atom is 0.290 e. The summed E-state index contributed by atoms with van der Waals surface area (Å²) in [4.78, 5) is 16.9. The molecule has 2 heterocycles. The second-order valence-corrected chi connectivity index (χ2v) is 6.45. The molecule has 1 saturated heterocycles. The van der Waals surface area contributed by atoms with Crippen molar-refractivity contribution in [1.29, 1.82) is 0 Å². The average Bonchev–Trinajstić information content (AvgIpc) is 2.54. The summed E-state index contributed by atoms with van der Waals surface area (Å²) in [5.74, 6) is 0.587. The van der Waals surface area contributed by atoms with Gasteiger partial charge in [-0.05, 0) is 51.1 Å². The number of aromatic nitrogens is 1. The number of benzene rings is 1. The number of morpholine rings is 1. The first-order chi connectivity index (χ1) is 11.9. The molecule has 0 amide bonds. The van der Waals surface area contributed by atoms with Gasteiger partial charge in [-0.2, -0.15) is 0 Å². The lowest BCUT2D eigenvalue weighted by Crippen LogP contribution is -2.45. The Morgan fingerprint density at radius 3 is 2.44 bits per heavy atom. The van der Waals surface area contributed by atoms with E-state index in [2.05, 4.69) is 41.2 Å². The largest absolute Gasteiger partial charge is 0.372 e. The molecule has 25 heavy (non-hydrogen) atoms. The normalized spacial score (nSPS) is 20.4. The summed E-state index contributed by atoms with van der Waals surface area (Å²) in [7, 11) is 0. The number of ether oxygens (including phenoxy) is 1. The quantitative estimate of drug-likeness (QED) is 0.675. The van der Waals surface area contributed by atoms with Crippen LogP contribution in [-0.2, 0) is 4.74 Å². The van der Waals surface area contributed by atoms with Gasteiger partial charge in [0.05, 0.1) is 17.1 Å². The second-order valence-electron chi connectivity index (χ2n) is 6.45. The fourth-order valence-electron chi connectivity index (χ4n) is 3.10. The molecule has 0 aliphatic carbocycles. The molecule has 0 saturated carbocycles. The Morgan fingerprint density at radius 1 is 1.24 bits per heavy atom. The first-order valence-corrected chi connectivity index (χ1v) is 8.31. The lowest BCUT2D eigenvalue weighted by molar-refractivity contribution is -0.385. The first kappa shape index (κ1) is 17.2. The van der Waals surface area contributed by atoms with Gasteiger partial charge in [0.1, 0.15) is 12.0 Å². The Kier molecular flexibility index (Phi) is 4.85. The number of nitro groups is 1. The van der Waals surface area contributed by atoms with Crippen LogP contribution in [-0.4, -0.2) is 35.2 Å². The maximum absolute atomic E-state index is 10.9. The van der Waals surface area contributed by atoms with Crippen LogP contribution >= 0.6 is 0 Å². The number of pyridine rings is 1. The zero-order valence-electron chi connectivity index (χ0n) is 14.6. The summed E-state index contributed by atoms with van der Waals surface area (Å²) >= 11 is 0. The smallest absolute Gasteiger partial charge is 0.290 e. The Hall–Kier alpha value is -2.67. The molecule has 3 rings (SSSR count). The van der Waals surface area contributed by atoms with Gasteiger partial charge >= 0.3 is 0 Å². The molecule has 1 N–H and O–H groups in total. The number of hydrogen-bond acceptors (Lipinski definition) is 6. The molecule has 2 aromatic rings. The molecule has 1 aromatic carbocycles. The van der Waals surface area contributed by atoms with Crippen molar-refractivity contribution in [2.75, 3.05) is 23.3 Å². The highest BCUT2D eigenvalue weighted by atomic mass is 16.6. The molecule has 0 spiro atoms. The van der Waals surface area contributed by atoms with E-state index in [1.54, 1.807) is 13.0 Å². The van der Waals surface area contributed by atoms with Crippen LogP contribution in [0.2, 0.25) is 0 Å². The molecule has 0 radical (unpaired) electrons. The fraction of sp³-hybridized carbons (Fsp3) is 0.389. The van der Waals surface area contributed by atoms with E-state index in [4.69, 9.17) is 4.74 Å². The highest BCUT2D eigenvalue weighted by molar-refractivity contribution is 5.62. The second kappa shape index (κ2) is 7.06. The van der Waals surface area contributed by atoms with Crippen molar-refractivity contribution in [3.8, 4) is 0 Å². The minimum absolute atomic E-state index is 0.0245. The third kappa shape index (κ3) is 4.06. The minimum Gasteiger partial charge on any atom is -0.372 e. The van der Waals surface area contributed by atoms with Crippen LogP contribution < -0.4 is 10.2 Å². The van der Waals surface area contributed by atoms with E-state index in [0.717, 1.165) is 24.5 Å². The molecule has 2 unspecified atom stereocenters. The lowest BCUT2D eigenvalue weighted by atomic mass is 10.2. The molecule has 1 aliphatic heterocycles. The van der Waals surface area contributed by atoms with Crippen molar-refractivity contribution in [2.45, 2.75) is 33.0 Å². The Balaban J connectivity index is 1.70. The summed E-state index contributed by atoms with van der Waals surface area (Å²) in [5, 5.41) is 14.0. The van der Waals surface area contributed by atoms with E-state index in [0.29, 0.717) is 11.4 Å². The number of nitrogens with one attached hydrogen (secondary N) is 1. The summed E-state index contributed by atoms with van der Waals surface area (Å²) in [6.07, 6.45) is 1.71. The molecule has 7 nitrogen and oxygen atoms in total. The van der Waals surface area contributed by atoms with Crippen molar-refractivity contribution in [2.24, 2.45) is 0 Å². The van der Waals surface area contributed by atoms with E-state index in [1.807, 2.05) is 12.1 Å².